The molecule has 1 amide bonds. The van der Waals surface area contributed by atoms with Gasteiger partial charge in [0.15, 0.2) is 4.80 Å². The van der Waals surface area contributed by atoms with E-state index in [1.165, 1.54) is 11.3 Å². The van der Waals surface area contributed by atoms with E-state index in [1.807, 2.05) is 41.5 Å². The van der Waals surface area contributed by atoms with E-state index in [1.54, 1.807) is 23.0 Å². The first-order valence-electron chi connectivity index (χ1n) is 6.13. The quantitative estimate of drug-likeness (QED) is 0.703. The van der Waals surface area contributed by atoms with Gasteiger partial charge in [-0.3, -0.25) is 4.79 Å². The van der Waals surface area contributed by atoms with Crippen molar-refractivity contribution in [1.82, 2.24) is 14.3 Å². The Labute approximate surface area is 133 Å². The highest BCUT2D eigenvalue weighted by atomic mass is 79.9. The van der Waals surface area contributed by atoms with Gasteiger partial charge in [0.2, 0.25) is 0 Å². The molecule has 0 atom stereocenters. The summed E-state index contributed by atoms with van der Waals surface area (Å²) in [6.45, 7) is 0. The Balaban J connectivity index is 1.88. The van der Waals surface area contributed by atoms with Gasteiger partial charge in [-0.05, 0) is 40.2 Å². The highest BCUT2D eigenvalue weighted by Gasteiger charge is 2.05. The van der Waals surface area contributed by atoms with E-state index in [4.69, 9.17) is 0 Å². The van der Waals surface area contributed by atoms with Gasteiger partial charge in [0.25, 0.3) is 5.91 Å². The number of rotatable bonds is 2. The molecule has 3 aromatic rings. The third kappa shape index (κ3) is 3.03. The van der Waals surface area contributed by atoms with Crippen LogP contribution in [-0.2, 0) is 7.05 Å². The Morgan fingerprint density at radius 2 is 2.10 bits per heavy atom. The zero-order valence-electron chi connectivity index (χ0n) is 11.1. The Kier molecular flexibility index (Phi) is 3.85. The highest BCUT2D eigenvalue weighted by Crippen LogP contribution is 2.13. The number of aryl methyl sites for hydroxylation is 1. The topological polar surface area (TPSA) is 52.2 Å². The van der Waals surface area contributed by atoms with E-state index in [2.05, 4.69) is 26.0 Å². The van der Waals surface area contributed by atoms with Crippen molar-refractivity contribution >= 4 is 33.2 Å². The second-order valence-electron chi connectivity index (χ2n) is 4.36. The number of aromatic nitrogens is 3. The lowest BCUT2D eigenvalue weighted by Gasteiger charge is -2.01. The zero-order valence-corrected chi connectivity index (χ0v) is 13.5. The third-order valence-corrected chi connectivity index (χ3v) is 4.14. The number of amides is 1. The van der Waals surface area contributed by atoms with Crippen LogP contribution >= 0.6 is 27.3 Å². The van der Waals surface area contributed by atoms with Crippen molar-refractivity contribution in [1.29, 1.82) is 0 Å². The molecule has 0 spiro atoms. The van der Waals surface area contributed by atoms with Gasteiger partial charge in [0, 0.05) is 30.4 Å². The first-order valence-corrected chi connectivity index (χ1v) is 7.80. The fourth-order valence-corrected chi connectivity index (χ4v) is 2.80. The minimum absolute atomic E-state index is 0.249. The molecule has 0 unspecified atom stereocenters. The van der Waals surface area contributed by atoms with Crippen molar-refractivity contribution in [2.45, 2.75) is 0 Å². The fourth-order valence-electron chi connectivity index (χ4n) is 1.78. The number of carbonyl (C=O) groups is 1. The number of hydrogen-bond donors (Lipinski definition) is 0. The summed E-state index contributed by atoms with van der Waals surface area (Å²) >= 11 is 4.78. The van der Waals surface area contributed by atoms with Gasteiger partial charge >= 0.3 is 0 Å². The summed E-state index contributed by atoms with van der Waals surface area (Å²) in [4.78, 5) is 16.9. The second kappa shape index (κ2) is 5.79. The van der Waals surface area contributed by atoms with Crippen LogP contribution in [0.2, 0.25) is 0 Å². The fraction of sp³-hybridized carbons (Fsp3) is 0.0714. The molecule has 0 bridgehead atoms. The van der Waals surface area contributed by atoms with Crippen molar-refractivity contribution in [3.05, 3.63) is 63.1 Å². The molecule has 2 heterocycles. The van der Waals surface area contributed by atoms with Crippen LogP contribution in [0.15, 0.2) is 57.7 Å². The van der Waals surface area contributed by atoms with E-state index in [0.717, 1.165) is 10.2 Å². The Morgan fingerprint density at radius 3 is 2.67 bits per heavy atom. The van der Waals surface area contributed by atoms with Gasteiger partial charge in [-0.1, -0.05) is 0 Å². The molecule has 2 aromatic heterocycles. The minimum Gasteiger partial charge on any atom is -0.327 e. The number of carbonyl (C=O) groups excluding carboxylic acids is 1. The monoisotopic (exact) mass is 362 g/mol. The third-order valence-electron chi connectivity index (χ3n) is 2.89. The smallest absolute Gasteiger partial charge is 0.279 e. The van der Waals surface area contributed by atoms with E-state index >= 15 is 0 Å². The van der Waals surface area contributed by atoms with Crippen LogP contribution in [0.25, 0.3) is 5.69 Å². The minimum atomic E-state index is -0.249. The number of benzene rings is 1. The lowest BCUT2D eigenvalue weighted by Crippen LogP contribution is -2.12. The Morgan fingerprint density at radius 1 is 1.33 bits per heavy atom. The average molecular weight is 363 g/mol. The summed E-state index contributed by atoms with van der Waals surface area (Å²) in [5, 5.41) is 6.09. The molecule has 0 saturated heterocycles. The molecule has 106 valence electrons. The van der Waals surface area contributed by atoms with Crippen LogP contribution in [0.5, 0.6) is 0 Å². The number of halogens is 1. The molecule has 3 rings (SSSR count). The van der Waals surface area contributed by atoms with Crippen molar-refractivity contribution < 1.29 is 4.79 Å². The maximum atomic E-state index is 12.1. The summed E-state index contributed by atoms with van der Waals surface area (Å²) in [6, 6.07) is 7.20. The summed E-state index contributed by atoms with van der Waals surface area (Å²) in [5.41, 5.74) is 1.44. The van der Waals surface area contributed by atoms with Crippen molar-refractivity contribution in [3.8, 4) is 5.69 Å². The summed E-state index contributed by atoms with van der Waals surface area (Å²) < 4.78 is 4.45. The van der Waals surface area contributed by atoms with Gasteiger partial charge in [-0.2, -0.15) is 10.1 Å². The van der Waals surface area contributed by atoms with Gasteiger partial charge < -0.3 is 4.57 Å². The van der Waals surface area contributed by atoms with Gasteiger partial charge in [0.05, 0.1) is 16.4 Å². The lowest BCUT2D eigenvalue weighted by atomic mass is 10.2. The number of nitrogens with zero attached hydrogens (tertiary/aromatic N) is 4. The Hall–Kier alpha value is -1.99. The molecule has 5 nitrogen and oxygen atoms in total. The van der Waals surface area contributed by atoms with E-state index in [0.29, 0.717) is 10.4 Å². The normalized spacial score (nSPS) is 11.8. The lowest BCUT2D eigenvalue weighted by molar-refractivity contribution is 0.0998. The average Bonchev–Trinajstić information content (AvgIpc) is 3.08. The molecule has 0 fully saturated rings. The second-order valence-corrected chi connectivity index (χ2v) is 6.15. The van der Waals surface area contributed by atoms with E-state index in [-0.39, 0.29) is 5.91 Å². The molecule has 1 aromatic carbocycles. The summed E-state index contributed by atoms with van der Waals surface area (Å²) in [5.74, 6) is -0.249. The summed E-state index contributed by atoms with van der Waals surface area (Å²) in [6.07, 6.45) is 5.44. The molecule has 0 aliphatic heterocycles. The SMILES string of the molecule is Cn1ccsc1=NC(=O)c1ccc(-n2cc(Br)cn2)cc1. The van der Waals surface area contributed by atoms with E-state index in [9.17, 15) is 4.79 Å². The van der Waals surface area contributed by atoms with Crippen LogP contribution in [0.4, 0.5) is 0 Å². The first-order chi connectivity index (χ1) is 10.1. The first kappa shape index (κ1) is 14.0. The van der Waals surface area contributed by atoms with Crippen LogP contribution < -0.4 is 4.80 Å². The van der Waals surface area contributed by atoms with Gasteiger partial charge in [-0.15, -0.1) is 11.3 Å². The maximum absolute atomic E-state index is 12.1. The molecule has 0 radical (unpaired) electrons. The van der Waals surface area contributed by atoms with Crippen molar-refractivity contribution in [2.75, 3.05) is 0 Å². The van der Waals surface area contributed by atoms with Crippen LogP contribution in [0, 0.1) is 0 Å². The predicted molar refractivity (Wildman–Crippen MR) is 84.4 cm³/mol. The molecular weight excluding hydrogens is 352 g/mol. The van der Waals surface area contributed by atoms with E-state index < -0.39 is 0 Å². The van der Waals surface area contributed by atoms with Gasteiger partial charge in [0.1, 0.15) is 0 Å². The molecule has 0 N–H and O–H groups in total. The molecule has 0 saturated carbocycles. The van der Waals surface area contributed by atoms with Crippen molar-refractivity contribution in [3.63, 3.8) is 0 Å². The van der Waals surface area contributed by atoms with Crippen LogP contribution in [0.3, 0.4) is 0 Å². The standard InChI is InChI=1S/C14H11BrN4OS/c1-18-6-7-21-14(18)17-13(20)10-2-4-12(5-3-10)19-9-11(15)8-16-19/h2-9H,1H3. The molecule has 21 heavy (non-hydrogen) atoms. The molecule has 0 aliphatic carbocycles. The molecular formula is C14H11BrN4OS. The van der Waals surface area contributed by atoms with Crippen molar-refractivity contribution in [2.24, 2.45) is 12.0 Å². The number of thiazole rings is 1. The predicted octanol–water partition coefficient (Wildman–Crippen LogP) is 2.78. The summed E-state index contributed by atoms with van der Waals surface area (Å²) in [7, 11) is 1.86. The van der Waals surface area contributed by atoms with Crippen LogP contribution in [-0.4, -0.2) is 20.3 Å². The molecule has 7 heteroatoms. The maximum Gasteiger partial charge on any atom is 0.279 e. The Bertz CT molecular complexity index is 844. The van der Waals surface area contributed by atoms with Gasteiger partial charge in [-0.25, -0.2) is 4.68 Å². The number of hydrogen-bond acceptors (Lipinski definition) is 3. The molecule has 0 aliphatic rings. The highest BCUT2D eigenvalue weighted by molar-refractivity contribution is 9.10. The van der Waals surface area contributed by atoms with Crippen LogP contribution in [0.1, 0.15) is 10.4 Å². The zero-order chi connectivity index (χ0) is 14.8. The largest absolute Gasteiger partial charge is 0.327 e.